The summed E-state index contributed by atoms with van der Waals surface area (Å²) < 4.78 is 13.2. The van der Waals surface area contributed by atoms with E-state index in [1.54, 1.807) is 23.5 Å². The zero-order valence-corrected chi connectivity index (χ0v) is 18.0. The SMILES string of the molecule is CC(C)N(Cc1ccc(-c2ccc(F)cc2)s1)C(=O)c1n[nH]c2c1CNCC2.Cl. The van der Waals surface area contributed by atoms with Crippen molar-refractivity contribution in [2.45, 2.75) is 39.4 Å². The monoisotopic (exact) mass is 434 g/mol. The van der Waals surface area contributed by atoms with Crippen LogP contribution in [0.5, 0.6) is 0 Å². The molecule has 3 aromatic rings. The van der Waals surface area contributed by atoms with Gasteiger partial charge in [-0.2, -0.15) is 5.10 Å². The van der Waals surface area contributed by atoms with Crippen molar-refractivity contribution < 1.29 is 9.18 Å². The van der Waals surface area contributed by atoms with Gasteiger partial charge in [-0.05, 0) is 43.7 Å². The lowest BCUT2D eigenvalue weighted by molar-refractivity contribution is 0.0685. The molecule has 29 heavy (non-hydrogen) atoms. The van der Waals surface area contributed by atoms with Gasteiger partial charge in [0.1, 0.15) is 5.82 Å². The van der Waals surface area contributed by atoms with Gasteiger partial charge in [0.05, 0.1) is 6.54 Å². The van der Waals surface area contributed by atoms with Gasteiger partial charge in [0.15, 0.2) is 5.69 Å². The van der Waals surface area contributed by atoms with Gasteiger partial charge in [0.25, 0.3) is 5.91 Å². The van der Waals surface area contributed by atoms with Crippen molar-refractivity contribution in [3.63, 3.8) is 0 Å². The summed E-state index contributed by atoms with van der Waals surface area (Å²) in [5.74, 6) is -0.290. The summed E-state index contributed by atoms with van der Waals surface area (Å²) in [7, 11) is 0. The number of aromatic amines is 1. The van der Waals surface area contributed by atoms with E-state index in [1.807, 2.05) is 30.9 Å². The molecule has 1 aliphatic heterocycles. The van der Waals surface area contributed by atoms with Gasteiger partial charge in [-0.25, -0.2) is 4.39 Å². The molecule has 1 aliphatic rings. The van der Waals surface area contributed by atoms with Crippen LogP contribution in [0.25, 0.3) is 10.4 Å². The summed E-state index contributed by atoms with van der Waals surface area (Å²) in [5.41, 5.74) is 3.54. The van der Waals surface area contributed by atoms with Gasteiger partial charge < -0.3 is 10.2 Å². The molecule has 2 N–H and O–H groups in total. The van der Waals surface area contributed by atoms with Crippen LogP contribution in [0.15, 0.2) is 36.4 Å². The van der Waals surface area contributed by atoms with Gasteiger partial charge in [0.2, 0.25) is 0 Å². The topological polar surface area (TPSA) is 61.0 Å². The van der Waals surface area contributed by atoms with E-state index < -0.39 is 0 Å². The summed E-state index contributed by atoms with van der Waals surface area (Å²) in [6, 6.07) is 10.6. The number of hydrogen-bond acceptors (Lipinski definition) is 4. The van der Waals surface area contributed by atoms with Crippen molar-refractivity contribution >= 4 is 29.7 Å². The number of carbonyl (C=O) groups excluding carboxylic acids is 1. The number of aromatic nitrogens is 2. The highest BCUT2D eigenvalue weighted by Crippen LogP contribution is 2.30. The zero-order valence-electron chi connectivity index (χ0n) is 16.4. The number of rotatable bonds is 5. The second-order valence-electron chi connectivity index (χ2n) is 7.26. The van der Waals surface area contributed by atoms with E-state index in [0.717, 1.165) is 39.5 Å². The van der Waals surface area contributed by atoms with Crippen LogP contribution in [0.2, 0.25) is 0 Å². The molecule has 0 spiro atoms. The molecular formula is C21H24ClFN4OS. The lowest BCUT2D eigenvalue weighted by Crippen LogP contribution is -2.37. The van der Waals surface area contributed by atoms with Crippen LogP contribution >= 0.6 is 23.7 Å². The van der Waals surface area contributed by atoms with E-state index >= 15 is 0 Å². The van der Waals surface area contributed by atoms with Crippen LogP contribution in [0, 0.1) is 5.82 Å². The maximum atomic E-state index is 13.2. The third-order valence-electron chi connectivity index (χ3n) is 5.01. The Morgan fingerprint density at radius 2 is 2.00 bits per heavy atom. The third kappa shape index (κ3) is 4.52. The number of H-pyrrole nitrogens is 1. The van der Waals surface area contributed by atoms with Gasteiger partial charge >= 0.3 is 0 Å². The Bertz CT molecular complexity index is 983. The number of fused-ring (bicyclic) bond motifs is 1. The lowest BCUT2D eigenvalue weighted by atomic mass is 10.1. The minimum Gasteiger partial charge on any atom is -0.330 e. The van der Waals surface area contributed by atoms with E-state index in [4.69, 9.17) is 0 Å². The average molecular weight is 435 g/mol. The first kappa shape index (κ1) is 21.5. The van der Waals surface area contributed by atoms with E-state index in [2.05, 4.69) is 15.5 Å². The Balaban J connectivity index is 0.00000240. The molecular weight excluding hydrogens is 411 g/mol. The van der Waals surface area contributed by atoms with Gasteiger partial charge in [-0.3, -0.25) is 9.89 Å². The average Bonchev–Trinajstić information content (AvgIpc) is 3.33. The molecule has 8 heteroatoms. The Hall–Kier alpha value is -2.22. The first-order chi connectivity index (χ1) is 13.5. The number of carbonyl (C=O) groups is 1. The van der Waals surface area contributed by atoms with Crippen LogP contribution in [-0.4, -0.2) is 33.6 Å². The van der Waals surface area contributed by atoms with Crippen LogP contribution in [0.4, 0.5) is 4.39 Å². The molecule has 4 rings (SSSR count). The number of nitrogens with zero attached hydrogens (tertiary/aromatic N) is 2. The first-order valence-electron chi connectivity index (χ1n) is 9.45. The minimum absolute atomic E-state index is 0. The van der Waals surface area contributed by atoms with Gasteiger partial charge in [0, 0.05) is 46.6 Å². The zero-order chi connectivity index (χ0) is 19.7. The van der Waals surface area contributed by atoms with Gasteiger partial charge in [-0.1, -0.05) is 12.1 Å². The fourth-order valence-electron chi connectivity index (χ4n) is 3.43. The summed E-state index contributed by atoms with van der Waals surface area (Å²) >= 11 is 1.62. The van der Waals surface area contributed by atoms with Crippen molar-refractivity contribution in [2.75, 3.05) is 6.54 Å². The largest absolute Gasteiger partial charge is 0.330 e. The van der Waals surface area contributed by atoms with E-state index in [0.29, 0.717) is 18.8 Å². The Morgan fingerprint density at radius 1 is 1.24 bits per heavy atom. The molecule has 154 valence electrons. The van der Waals surface area contributed by atoms with Crippen LogP contribution in [0.3, 0.4) is 0 Å². The van der Waals surface area contributed by atoms with Crippen molar-refractivity contribution in [3.8, 4) is 10.4 Å². The second kappa shape index (κ2) is 9.07. The molecule has 0 saturated heterocycles. The minimum atomic E-state index is -0.242. The van der Waals surface area contributed by atoms with E-state index in [-0.39, 0.29) is 30.2 Å². The van der Waals surface area contributed by atoms with Crippen LogP contribution < -0.4 is 5.32 Å². The lowest BCUT2D eigenvalue weighted by Gasteiger charge is -2.26. The summed E-state index contributed by atoms with van der Waals surface area (Å²) in [6.45, 7) is 6.13. The van der Waals surface area contributed by atoms with Crippen LogP contribution in [-0.2, 0) is 19.5 Å². The Kier molecular flexibility index (Phi) is 6.72. The molecule has 3 heterocycles. The molecule has 5 nitrogen and oxygen atoms in total. The van der Waals surface area contributed by atoms with Crippen molar-refractivity contribution in [1.29, 1.82) is 0 Å². The van der Waals surface area contributed by atoms with Crippen molar-refractivity contribution in [1.82, 2.24) is 20.4 Å². The van der Waals surface area contributed by atoms with Crippen LogP contribution in [0.1, 0.15) is 40.5 Å². The van der Waals surface area contributed by atoms with Gasteiger partial charge in [-0.15, -0.1) is 23.7 Å². The number of nitrogens with one attached hydrogen (secondary N) is 2. The molecule has 0 radical (unpaired) electrons. The number of benzene rings is 1. The molecule has 2 aromatic heterocycles. The predicted octanol–water partition coefficient (Wildman–Crippen LogP) is 4.40. The quantitative estimate of drug-likeness (QED) is 0.625. The number of hydrogen-bond donors (Lipinski definition) is 2. The third-order valence-corrected chi connectivity index (χ3v) is 6.13. The second-order valence-corrected chi connectivity index (χ2v) is 8.42. The fraction of sp³-hybridized carbons (Fsp3) is 0.333. The Labute approximate surface area is 179 Å². The highest BCUT2D eigenvalue weighted by molar-refractivity contribution is 7.15. The highest BCUT2D eigenvalue weighted by atomic mass is 35.5. The summed E-state index contributed by atoms with van der Waals surface area (Å²) in [6.07, 6.45) is 0.864. The molecule has 0 unspecified atom stereocenters. The molecule has 0 aliphatic carbocycles. The summed E-state index contributed by atoms with van der Waals surface area (Å²) in [5, 5.41) is 10.7. The van der Waals surface area contributed by atoms with Crippen molar-refractivity contribution in [3.05, 3.63) is 64.0 Å². The normalized spacial score (nSPS) is 13.1. The highest BCUT2D eigenvalue weighted by Gasteiger charge is 2.27. The summed E-state index contributed by atoms with van der Waals surface area (Å²) in [4.78, 5) is 17.2. The molecule has 0 saturated carbocycles. The molecule has 0 atom stereocenters. The van der Waals surface area contributed by atoms with E-state index in [9.17, 15) is 9.18 Å². The first-order valence-corrected chi connectivity index (χ1v) is 10.3. The molecule has 1 amide bonds. The Morgan fingerprint density at radius 3 is 2.72 bits per heavy atom. The van der Waals surface area contributed by atoms with Crippen molar-refractivity contribution in [2.24, 2.45) is 0 Å². The molecule has 1 aromatic carbocycles. The smallest absolute Gasteiger partial charge is 0.275 e. The maximum Gasteiger partial charge on any atom is 0.275 e. The standard InChI is InChI=1S/C21H23FN4OS.ClH/c1-13(2)26(21(27)20-17-11-23-10-9-18(17)24-25-20)12-16-7-8-19(28-16)14-3-5-15(22)6-4-14;/h3-8,13,23H,9-12H2,1-2H3,(H,24,25);1H. The number of halogens is 2. The molecule has 0 fully saturated rings. The maximum absolute atomic E-state index is 13.2. The predicted molar refractivity (Wildman–Crippen MR) is 116 cm³/mol. The van der Waals surface area contributed by atoms with E-state index in [1.165, 1.54) is 12.1 Å². The number of amides is 1. The fourth-order valence-corrected chi connectivity index (χ4v) is 4.44. The number of thiophene rings is 1. The molecule has 0 bridgehead atoms.